The van der Waals surface area contributed by atoms with E-state index in [1.54, 1.807) is 12.1 Å². The van der Waals surface area contributed by atoms with Crippen LogP contribution in [0.1, 0.15) is 21.6 Å². The highest BCUT2D eigenvalue weighted by atomic mass is 79.9. The fourth-order valence-corrected chi connectivity index (χ4v) is 4.46. The number of allylic oxidation sites excluding steroid dienone is 1. The number of benzene rings is 3. The Balaban J connectivity index is 1.67. The molecule has 5 heteroatoms. The maximum atomic E-state index is 13.5. The summed E-state index contributed by atoms with van der Waals surface area (Å²) in [7, 11) is 0. The normalized spacial score (nSPS) is 11.5. The molecule has 0 saturated carbocycles. The standard InChI is InChI=1S/C28H19BrN2O2/c1-17-26(25(32)14-11-20-15-19-9-5-6-10-23(19)31-28(20)33)27(18-7-3-2-4-8-18)22-16-21(29)12-13-24(22)30-17/h2-16H,1H3,(H,31,33)/b14-11-. The van der Waals surface area contributed by atoms with Gasteiger partial charge < -0.3 is 4.98 Å². The number of carbonyl (C=O) groups is 1. The lowest BCUT2D eigenvalue weighted by atomic mass is 9.92. The van der Waals surface area contributed by atoms with E-state index in [0.29, 0.717) is 16.8 Å². The minimum atomic E-state index is -0.238. The largest absolute Gasteiger partial charge is 0.321 e. The molecular formula is C28H19BrN2O2. The Hall–Kier alpha value is -3.83. The molecule has 0 aliphatic heterocycles. The van der Waals surface area contributed by atoms with Crippen LogP contribution in [-0.2, 0) is 0 Å². The van der Waals surface area contributed by atoms with Gasteiger partial charge in [0, 0.05) is 32.2 Å². The van der Waals surface area contributed by atoms with E-state index in [-0.39, 0.29) is 11.3 Å². The van der Waals surface area contributed by atoms with Crippen molar-refractivity contribution in [3.63, 3.8) is 0 Å². The molecule has 0 bridgehead atoms. The van der Waals surface area contributed by atoms with E-state index < -0.39 is 0 Å². The molecule has 3 aromatic carbocycles. The van der Waals surface area contributed by atoms with E-state index >= 15 is 0 Å². The SMILES string of the molecule is Cc1nc2ccc(Br)cc2c(-c2ccccc2)c1C(=O)/C=C\c1cc2ccccc2[nH]c1=O. The molecule has 33 heavy (non-hydrogen) atoms. The highest BCUT2D eigenvalue weighted by Crippen LogP contribution is 2.35. The molecule has 5 aromatic rings. The molecule has 2 aromatic heterocycles. The highest BCUT2D eigenvalue weighted by molar-refractivity contribution is 9.10. The van der Waals surface area contributed by atoms with Gasteiger partial charge in [-0.2, -0.15) is 0 Å². The number of pyridine rings is 2. The lowest BCUT2D eigenvalue weighted by molar-refractivity contribution is 0.104. The third-order valence-corrected chi connectivity index (χ3v) is 6.13. The van der Waals surface area contributed by atoms with Crippen molar-refractivity contribution in [3.8, 4) is 11.1 Å². The lowest BCUT2D eigenvalue weighted by Crippen LogP contribution is -2.09. The minimum absolute atomic E-state index is 0.201. The number of aryl methyl sites for hydroxylation is 1. The molecule has 0 aliphatic rings. The van der Waals surface area contributed by atoms with Crippen molar-refractivity contribution in [1.82, 2.24) is 9.97 Å². The van der Waals surface area contributed by atoms with Gasteiger partial charge in [0.15, 0.2) is 5.78 Å². The van der Waals surface area contributed by atoms with Gasteiger partial charge >= 0.3 is 0 Å². The van der Waals surface area contributed by atoms with Crippen LogP contribution >= 0.6 is 15.9 Å². The topological polar surface area (TPSA) is 62.8 Å². The predicted molar refractivity (Wildman–Crippen MR) is 138 cm³/mol. The molecule has 0 unspecified atom stereocenters. The van der Waals surface area contributed by atoms with Crippen LogP contribution in [0, 0.1) is 6.92 Å². The summed E-state index contributed by atoms with van der Waals surface area (Å²) in [6.45, 7) is 1.85. The first kappa shape index (κ1) is 21.0. The number of hydrogen-bond acceptors (Lipinski definition) is 3. The maximum Gasteiger partial charge on any atom is 0.255 e. The van der Waals surface area contributed by atoms with Crippen LogP contribution in [0.5, 0.6) is 0 Å². The average molecular weight is 495 g/mol. The van der Waals surface area contributed by atoms with Gasteiger partial charge in [-0.1, -0.05) is 64.5 Å². The van der Waals surface area contributed by atoms with Crippen molar-refractivity contribution in [2.45, 2.75) is 6.92 Å². The van der Waals surface area contributed by atoms with Crippen molar-refractivity contribution in [2.24, 2.45) is 0 Å². The summed E-state index contributed by atoms with van der Waals surface area (Å²) < 4.78 is 0.912. The molecular weight excluding hydrogens is 476 g/mol. The van der Waals surface area contributed by atoms with Crippen LogP contribution in [0.15, 0.2) is 94.2 Å². The van der Waals surface area contributed by atoms with Crippen molar-refractivity contribution < 1.29 is 4.79 Å². The Bertz CT molecular complexity index is 1620. The molecule has 0 aliphatic carbocycles. The number of aromatic nitrogens is 2. The molecule has 2 heterocycles. The molecule has 0 saturated heterocycles. The molecule has 160 valence electrons. The fraction of sp³-hybridized carbons (Fsp3) is 0.0357. The van der Waals surface area contributed by atoms with Gasteiger partial charge in [0.05, 0.1) is 11.1 Å². The number of halogens is 1. The summed E-state index contributed by atoms with van der Waals surface area (Å²) >= 11 is 3.54. The second-order valence-electron chi connectivity index (χ2n) is 7.81. The van der Waals surface area contributed by atoms with E-state index in [1.807, 2.05) is 79.7 Å². The van der Waals surface area contributed by atoms with E-state index in [4.69, 9.17) is 4.98 Å². The van der Waals surface area contributed by atoms with Crippen LogP contribution in [0.25, 0.3) is 39.0 Å². The number of aromatic amines is 1. The summed E-state index contributed by atoms with van der Waals surface area (Å²) in [6.07, 6.45) is 3.03. The zero-order valence-electron chi connectivity index (χ0n) is 17.8. The predicted octanol–water partition coefficient (Wildman–Crippen LogP) is 6.71. The molecule has 0 spiro atoms. The Morgan fingerprint density at radius 3 is 2.55 bits per heavy atom. The van der Waals surface area contributed by atoms with Gasteiger partial charge in [-0.05, 0) is 60.4 Å². The van der Waals surface area contributed by atoms with Crippen LogP contribution in [0.2, 0.25) is 0 Å². The van der Waals surface area contributed by atoms with Gasteiger partial charge in [0.2, 0.25) is 0 Å². The quantitative estimate of drug-likeness (QED) is 0.223. The second kappa shape index (κ2) is 8.60. The fourth-order valence-electron chi connectivity index (χ4n) is 4.10. The molecule has 0 amide bonds. The number of carbonyl (C=O) groups excluding carboxylic acids is 1. The monoisotopic (exact) mass is 494 g/mol. The molecule has 5 rings (SSSR count). The molecule has 0 radical (unpaired) electrons. The number of para-hydroxylation sites is 1. The van der Waals surface area contributed by atoms with Crippen LogP contribution in [-0.4, -0.2) is 15.8 Å². The first-order valence-corrected chi connectivity index (χ1v) is 11.3. The van der Waals surface area contributed by atoms with E-state index in [0.717, 1.165) is 37.4 Å². The Morgan fingerprint density at radius 2 is 1.73 bits per heavy atom. The van der Waals surface area contributed by atoms with Gasteiger partial charge in [-0.25, -0.2) is 0 Å². The summed E-state index contributed by atoms with van der Waals surface area (Å²) in [5, 5.41) is 1.80. The molecule has 0 fully saturated rings. The Morgan fingerprint density at radius 1 is 0.970 bits per heavy atom. The van der Waals surface area contributed by atoms with Crippen molar-refractivity contribution >= 4 is 49.6 Å². The van der Waals surface area contributed by atoms with Crippen molar-refractivity contribution in [3.05, 3.63) is 117 Å². The van der Waals surface area contributed by atoms with Crippen molar-refractivity contribution in [2.75, 3.05) is 0 Å². The van der Waals surface area contributed by atoms with Gasteiger partial charge in [0.25, 0.3) is 5.56 Å². The third kappa shape index (κ3) is 4.03. The Kier molecular flexibility index (Phi) is 5.48. The first-order chi connectivity index (χ1) is 16.0. The number of ketones is 1. The number of hydrogen-bond donors (Lipinski definition) is 1. The maximum absolute atomic E-state index is 13.5. The van der Waals surface area contributed by atoms with Crippen LogP contribution in [0.3, 0.4) is 0 Å². The first-order valence-electron chi connectivity index (χ1n) is 10.5. The van der Waals surface area contributed by atoms with Gasteiger partial charge in [-0.3, -0.25) is 14.6 Å². The van der Waals surface area contributed by atoms with Crippen molar-refractivity contribution in [1.29, 1.82) is 0 Å². The number of nitrogens with one attached hydrogen (secondary N) is 1. The number of nitrogens with zero attached hydrogens (tertiary/aromatic N) is 1. The molecule has 4 nitrogen and oxygen atoms in total. The summed E-state index contributed by atoms with van der Waals surface area (Å²) in [4.78, 5) is 33.6. The zero-order valence-corrected chi connectivity index (χ0v) is 19.4. The smallest absolute Gasteiger partial charge is 0.255 e. The van der Waals surface area contributed by atoms with Crippen LogP contribution in [0.4, 0.5) is 0 Å². The van der Waals surface area contributed by atoms with E-state index in [1.165, 1.54) is 6.08 Å². The number of rotatable bonds is 4. The summed E-state index contributed by atoms with van der Waals surface area (Å²) in [5.41, 5.74) is 4.72. The lowest BCUT2D eigenvalue weighted by Gasteiger charge is -2.14. The van der Waals surface area contributed by atoms with E-state index in [2.05, 4.69) is 20.9 Å². The third-order valence-electron chi connectivity index (χ3n) is 5.63. The average Bonchev–Trinajstić information content (AvgIpc) is 2.82. The summed E-state index contributed by atoms with van der Waals surface area (Å²) in [6, 6.07) is 25.0. The minimum Gasteiger partial charge on any atom is -0.321 e. The van der Waals surface area contributed by atoms with Gasteiger partial charge in [-0.15, -0.1) is 0 Å². The van der Waals surface area contributed by atoms with Crippen LogP contribution < -0.4 is 5.56 Å². The number of H-pyrrole nitrogens is 1. The van der Waals surface area contributed by atoms with E-state index in [9.17, 15) is 9.59 Å². The highest BCUT2D eigenvalue weighted by Gasteiger charge is 2.19. The zero-order chi connectivity index (χ0) is 22.9. The van der Waals surface area contributed by atoms with Gasteiger partial charge in [0.1, 0.15) is 0 Å². The molecule has 1 N–H and O–H groups in total. The second-order valence-corrected chi connectivity index (χ2v) is 8.73. The summed E-state index contributed by atoms with van der Waals surface area (Å²) in [5.74, 6) is -0.201. The number of fused-ring (bicyclic) bond motifs is 2. The molecule has 0 atom stereocenters. The Labute approximate surface area is 198 Å².